The molecule has 0 aromatic heterocycles. The van der Waals surface area contributed by atoms with E-state index in [1.807, 2.05) is 13.8 Å². The second-order valence-electron chi connectivity index (χ2n) is 10.0. The van der Waals surface area contributed by atoms with Crippen molar-refractivity contribution in [2.24, 2.45) is 0 Å². The molecule has 152 valence electrons. The molecule has 0 bridgehead atoms. The fourth-order valence-corrected chi connectivity index (χ4v) is 5.24. The minimum atomic E-state index is -2.14. The normalized spacial score (nSPS) is 38.1. The highest BCUT2D eigenvalue weighted by Gasteiger charge is 2.42. The van der Waals surface area contributed by atoms with Gasteiger partial charge in [-0.25, -0.2) is 0 Å². The summed E-state index contributed by atoms with van der Waals surface area (Å²) in [6.07, 6.45) is 1.92. The van der Waals surface area contributed by atoms with Crippen molar-refractivity contribution in [3.8, 4) is 22.9 Å². The quantitative estimate of drug-likeness (QED) is 0.452. The molecule has 0 aromatic rings. The maximum absolute atomic E-state index is 6.11. The van der Waals surface area contributed by atoms with Crippen LogP contribution in [-0.4, -0.2) is 43.1 Å². The Labute approximate surface area is 166 Å². The first kappa shape index (κ1) is 22.5. The number of ether oxygens (including phenoxy) is 4. The van der Waals surface area contributed by atoms with Crippen LogP contribution >= 0.6 is 0 Å². The Morgan fingerprint density at radius 2 is 1.04 bits per heavy atom. The van der Waals surface area contributed by atoms with Crippen molar-refractivity contribution in [1.82, 2.24) is 0 Å². The lowest BCUT2D eigenvalue weighted by Crippen LogP contribution is -2.50. The van der Waals surface area contributed by atoms with E-state index in [-0.39, 0.29) is 23.4 Å². The second kappa shape index (κ2) is 7.21. The van der Waals surface area contributed by atoms with E-state index in [4.69, 9.17) is 18.9 Å². The summed E-state index contributed by atoms with van der Waals surface area (Å²) in [5.41, 5.74) is 6.24. The lowest BCUT2D eigenvalue weighted by molar-refractivity contribution is -0.301. The Morgan fingerprint density at radius 3 is 1.33 bits per heavy atom. The Kier molecular flexibility index (Phi) is 6.00. The first-order chi connectivity index (χ1) is 12.0. The largest absolute Gasteiger partial charge is 0.337 e. The van der Waals surface area contributed by atoms with Crippen LogP contribution in [0, 0.1) is 22.9 Å². The van der Waals surface area contributed by atoms with Gasteiger partial charge in [0.25, 0.3) is 0 Å². The molecule has 4 unspecified atom stereocenters. The van der Waals surface area contributed by atoms with Crippen LogP contribution < -0.4 is 0 Å². The van der Waals surface area contributed by atoms with Crippen LogP contribution in [0.3, 0.4) is 0 Å². The van der Waals surface area contributed by atoms with E-state index in [1.54, 1.807) is 0 Å². The summed E-state index contributed by atoms with van der Waals surface area (Å²) < 4.78 is 24.2. The average molecular weight is 393 g/mol. The molecule has 5 heteroatoms. The number of hydrogen-bond donors (Lipinski definition) is 0. The van der Waals surface area contributed by atoms with Crippen molar-refractivity contribution < 1.29 is 18.9 Å². The molecule has 2 heterocycles. The molecule has 2 fully saturated rings. The summed E-state index contributed by atoms with van der Waals surface area (Å²) in [7, 11) is -2.14. The van der Waals surface area contributed by atoms with Crippen LogP contribution in [0.4, 0.5) is 0 Å². The van der Waals surface area contributed by atoms with Gasteiger partial charge in [0.05, 0.1) is 23.4 Å². The molecule has 0 aliphatic carbocycles. The highest BCUT2D eigenvalue weighted by atomic mass is 28.3. The second-order valence-corrected chi connectivity index (χ2v) is 13.8. The summed E-state index contributed by atoms with van der Waals surface area (Å²) in [6, 6.07) is 0. The molecule has 2 aliphatic rings. The lowest BCUT2D eigenvalue weighted by Gasteiger charge is -2.43. The van der Waals surface area contributed by atoms with Gasteiger partial charge in [-0.15, -0.1) is 11.1 Å². The summed E-state index contributed by atoms with van der Waals surface area (Å²) in [5.74, 6) is 4.67. The minimum Gasteiger partial charge on any atom is -0.337 e. The fourth-order valence-electron chi connectivity index (χ4n) is 4.10. The number of hydrogen-bond acceptors (Lipinski definition) is 4. The van der Waals surface area contributed by atoms with Crippen molar-refractivity contribution in [1.29, 1.82) is 0 Å². The molecule has 2 saturated heterocycles. The highest BCUT2D eigenvalue weighted by Crippen LogP contribution is 2.34. The molecular weight excluding hydrogens is 356 g/mol. The zero-order valence-corrected chi connectivity index (χ0v) is 19.7. The van der Waals surface area contributed by atoms with Crippen molar-refractivity contribution >= 4 is 8.07 Å². The maximum atomic E-state index is 6.11. The summed E-state index contributed by atoms with van der Waals surface area (Å²) in [4.78, 5) is 0. The van der Waals surface area contributed by atoms with E-state index >= 15 is 0 Å². The molecule has 0 radical (unpaired) electrons. The molecule has 0 spiro atoms. The first-order valence-corrected chi connectivity index (χ1v) is 12.9. The average Bonchev–Trinajstić information content (AvgIpc) is 2.38. The molecule has 27 heavy (non-hydrogen) atoms. The summed E-state index contributed by atoms with van der Waals surface area (Å²) >= 11 is 0. The van der Waals surface area contributed by atoms with Gasteiger partial charge in [-0.05, 0) is 66.5 Å². The molecule has 0 amide bonds. The van der Waals surface area contributed by atoms with Crippen LogP contribution in [0.1, 0.15) is 68.2 Å². The Morgan fingerprint density at radius 1 is 0.704 bits per heavy atom. The third-order valence-electron chi connectivity index (χ3n) is 4.56. The van der Waals surface area contributed by atoms with Gasteiger partial charge in [-0.2, -0.15) is 0 Å². The van der Waals surface area contributed by atoms with Crippen LogP contribution in [0.15, 0.2) is 0 Å². The van der Waals surface area contributed by atoms with Crippen LogP contribution in [-0.2, 0) is 18.9 Å². The monoisotopic (exact) mass is 392 g/mol. The van der Waals surface area contributed by atoms with E-state index in [1.165, 1.54) is 0 Å². The lowest BCUT2D eigenvalue weighted by atomic mass is 9.98. The van der Waals surface area contributed by atoms with E-state index in [0.717, 1.165) is 12.8 Å². The van der Waals surface area contributed by atoms with E-state index in [0.29, 0.717) is 0 Å². The van der Waals surface area contributed by atoms with E-state index < -0.39 is 19.6 Å². The van der Waals surface area contributed by atoms with Gasteiger partial charge in [0.1, 0.15) is 0 Å². The molecule has 0 saturated carbocycles. The Balaban J connectivity index is 2.19. The highest BCUT2D eigenvalue weighted by molar-refractivity contribution is 6.92. The molecule has 2 aliphatic heterocycles. The summed E-state index contributed by atoms with van der Waals surface area (Å²) in [5, 5.41) is 0. The third-order valence-corrected chi connectivity index (χ3v) is 6.06. The first-order valence-electron chi connectivity index (χ1n) is 9.87. The van der Waals surface area contributed by atoms with Gasteiger partial charge in [0.15, 0.2) is 0 Å². The van der Waals surface area contributed by atoms with Gasteiger partial charge in [-0.3, -0.25) is 0 Å². The molecule has 0 N–H and O–H groups in total. The Hall–Kier alpha value is -0.823. The standard InChI is InChI=1S/C22H36O4Si/c1-17-15-19(3,4)25-21(7,23-17)11-13-27(9,10)14-12-22(8)24-18(2)16-20(5,6)26-22/h17-18H,15-16H2,1-10H3. The topological polar surface area (TPSA) is 36.9 Å². The van der Waals surface area contributed by atoms with Crippen molar-refractivity contribution in [2.45, 2.75) is 116 Å². The molecule has 4 nitrogen and oxygen atoms in total. The van der Waals surface area contributed by atoms with Crippen LogP contribution in [0.2, 0.25) is 13.1 Å². The molecule has 4 atom stereocenters. The minimum absolute atomic E-state index is 0.107. The Bertz CT molecular complexity index is 633. The third kappa shape index (κ3) is 6.63. The van der Waals surface area contributed by atoms with Crippen LogP contribution in [0.25, 0.3) is 0 Å². The van der Waals surface area contributed by atoms with Gasteiger partial charge in [0.2, 0.25) is 19.6 Å². The molecule has 0 aromatic carbocycles. The van der Waals surface area contributed by atoms with Gasteiger partial charge in [0, 0.05) is 26.7 Å². The smallest absolute Gasteiger partial charge is 0.230 e. The predicted molar refractivity (Wildman–Crippen MR) is 111 cm³/mol. The summed E-state index contributed by atoms with van der Waals surface area (Å²) in [6.45, 7) is 20.5. The van der Waals surface area contributed by atoms with Gasteiger partial charge >= 0.3 is 0 Å². The maximum Gasteiger partial charge on any atom is 0.230 e. The van der Waals surface area contributed by atoms with Crippen LogP contribution in [0.5, 0.6) is 0 Å². The van der Waals surface area contributed by atoms with Crippen molar-refractivity contribution in [3.63, 3.8) is 0 Å². The zero-order chi connectivity index (χ0) is 20.7. The molecule has 2 rings (SSSR count). The van der Waals surface area contributed by atoms with Gasteiger partial charge < -0.3 is 18.9 Å². The zero-order valence-electron chi connectivity index (χ0n) is 18.7. The molecular formula is C22H36O4Si. The SMILES string of the molecule is CC1CC(C)(C)OC(C)(C#C[Si](C)(C)C#CC2(C)OC(C)CC(C)(C)O2)O1. The van der Waals surface area contributed by atoms with Crippen molar-refractivity contribution in [3.05, 3.63) is 0 Å². The number of rotatable bonds is 0. The van der Waals surface area contributed by atoms with Gasteiger partial charge in [-0.1, -0.05) is 0 Å². The van der Waals surface area contributed by atoms with Crippen molar-refractivity contribution in [2.75, 3.05) is 0 Å². The van der Waals surface area contributed by atoms with E-state index in [2.05, 4.69) is 77.6 Å². The fraction of sp³-hybridized carbons (Fsp3) is 0.818. The van der Waals surface area contributed by atoms with E-state index in [9.17, 15) is 0 Å². The predicted octanol–water partition coefficient (Wildman–Crippen LogP) is 4.42.